The Morgan fingerprint density at radius 2 is 1.66 bits per heavy atom. The van der Waals surface area contributed by atoms with E-state index in [0.717, 1.165) is 31.4 Å². The monoisotopic (exact) mass is 545 g/mol. The summed E-state index contributed by atoms with van der Waals surface area (Å²) in [5.41, 5.74) is 4.81. The van der Waals surface area contributed by atoms with E-state index < -0.39 is 32.6 Å². The normalized spacial score (nSPS) is 28.3. The zero-order valence-corrected chi connectivity index (χ0v) is 22.3. The third-order valence-corrected chi connectivity index (χ3v) is 10.3. The lowest BCUT2D eigenvalue weighted by atomic mass is 9.47. The van der Waals surface area contributed by atoms with E-state index in [4.69, 9.17) is 5.73 Å². The number of hydrogen-bond acceptors (Lipinski definition) is 4. The van der Waals surface area contributed by atoms with E-state index in [1.807, 2.05) is 0 Å². The number of carbonyl (C=O) groups excluding carboxylic acids is 2. The number of benzene rings is 2. The maximum Gasteiger partial charge on any atom is 0.241 e. The minimum Gasteiger partial charge on any atom is -0.369 e. The summed E-state index contributed by atoms with van der Waals surface area (Å²) >= 11 is 0. The molecular weight excluding hydrogens is 512 g/mol. The van der Waals surface area contributed by atoms with E-state index >= 15 is 0 Å². The van der Waals surface area contributed by atoms with Gasteiger partial charge in [0, 0.05) is 35.0 Å². The fourth-order valence-electron chi connectivity index (χ4n) is 7.20. The van der Waals surface area contributed by atoms with Crippen molar-refractivity contribution in [1.82, 2.24) is 10.0 Å². The third kappa shape index (κ3) is 5.08. The highest BCUT2D eigenvalue weighted by Crippen LogP contribution is 2.59. The third-order valence-electron chi connectivity index (χ3n) is 8.54. The molecule has 0 aliphatic heterocycles. The Balaban J connectivity index is 1.22. The largest absolute Gasteiger partial charge is 0.369 e. The number of hydrogen-bond donors (Lipinski definition) is 3. The first-order valence-electron chi connectivity index (χ1n) is 13.0. The molecule has 0 spiro atoms. The molecule has 2 unspecified atom stereocenters. The highest BCUT2D eigenvalue weighted by molar-refractivity contribution is 7.89. The summed E-state index contributed by atoms with van der Waals surface area (Å²) < 4.78 is 56.1. The van der Waals surface area contributed by atoms with Gasteiger partial charge in [0.15, 0.2) is 0 Å². The van der Waals surface area contributed by atoms with Crippen LogP contribution in [0.25, 0.3) is 11.1 Å². The SMILES string of the molecule is CC(C)(CC(=O)NC1C2CC3CC1CC(C(N)=O)(C3)C2)NS(=O)(=O)c1ccc(-c2ccc(F)cc2F)cc1. The average molecular weight is 546 g/mol. The molecule has 10 heteroatoms. The molecule has 0 saturated heterocycles. The summed E-state index contributed by atoms with van der Waals surface area (Å²) in [5, 5.41) is 3.15. The Hall–Kier alpha value is -2.85. The van der Waals surface area contributed by atoms with E-state index in [2.05, 4.69) is 10.0 Å². The Kier molecular flexibility index (Phi) is 6.62. The molecule has 7 nitrogen and oxygen atoms in total. The predicted molar refractivity (Wildman–Crippen MR) is 138 cm³/mol. The van der Waals surface area contributed by atoms with Crippen LogP contribution in [-0.2, 0) is 19.6 Å². The predicted octanol–water partition coefficient (Wildman–Crippen LogP) is 3.88. The minimum atomic E-state index is -3.98. The smallest absolute Gasteiger partial charge is 0.241 e. The lowest BCUT2D eigenvalue weighted by molar-refractivity contribution is -0.147. The number of amides is 2. The van der Waals surface area contributed by atoms with Crippen molar-refractivity contribution in [2.24, 2.45) is 28.9 Å². The topological polar surface area (TPSA) is 118 Å². The number of rotatable bonds is 8. The van der Waals surface area contributed by atoms with Gasteiger partial charge in [-0.05, 0) is 93.5 Å². The molecule has 2 aromatic rings. The molecule has 4 N–H and O–H groups in total. The average Bonchev–Trinajstić information content (AvgIpc) is 2.80. The van der Waals surface area contributed by atoms with E-state index in [-0.39, 0.29) is 46.6 Å². The van der Waals surface area contributed by atoms with Crippen LogP contribution in [0.4, 0.5) is 8.78 Å². The van der Waals surface area contributed by atoms with Crippen LogP contribution in [0.5, 0.6) is 0 Å². The van der Waals surface area contributed by atoms with Crippen molar-refractivity contribution in [2.45, 2.75) is 68.8 Å². The van der Waals surface area contributed by atoms with Crippen LogP contribution >= 0.6 is 0 Å². The maximum absolute atomic E-state index is 14.1. The zero-order chi connectivity index (χ0) is 27.5. The molecule has 204 valence electrons. The first-order chi connectivity index (χ1) is 17.8. The molecule has 0 radical (unpaired) electrons. The highest BCUT2D eigenvalue weighted by Gasteiger charge is 2.58. The van der Waals surface area contributed by atoms with Gasteiger partial charge >= 0.3 is 0 Å². The molecule has 4 bridgehead atoms. The van der Waals surface area contributed by atoms with E-state index in [9.17, 15) is 26.8 Å². The second-order valence-corrected chi connectivity index (χ2v) is 13.7. The van der Waals surface area contributed by atoms with Gasteiger partial charge in [-0.2, -0.15) is 0 Å². The van der Waals surface area contributed by atoms with Crippen molar-refractivity contribution in [1.29, 1.82) is 0 Å². The highest BCUT2D eigenvalue weighted by atomic mass is 32.2. The van der Waals surface area contributed by atoms with Crippen molar-refractivity contribution < 1.29 is 26.8 Å². The Morgan fingerprint density at radius 1 is 1.03 bits per heavy atom. The van der Waals surface area contributed by atoms with Crippen LogP contribution < -0.4 is 15.8 Å². The van der Waals surface area contributed by atoms with Crippen LogP contribution in [0.2, 0.25) is 0 Å². The summed E-state index contributed by atoms with van der Waals surface area (Å²) in [7, 11) is -3.98. The lowest BCUT2D eigenvalue weighted by Crippen LogP contribution is -2.62. The molecule has 2 aromatic carbocycles. The van der Waals surface area contributed by atoms with Crippen molar-refractivity contribution in [3.05, 3.63) is 54.1 Å². The van der Waals surface area contributed by atoms with Crippen molar-refractivity contribution >= 4 is 21.8 Å². The first kappa shape index (κ1) is 26.7. The molecule has 4 saturated carbocycles. The fraction of sp³-hybridized carbons (Fsp3) is 0.500. The summed E-state index contributed by atoms with van der Waals surface area (Å²) in [5.74, 6) is -1.02. The first-order valence-corrected chi connectivity index (χ1v) is 14.4. The van der Waals surface area contributed by atoms with Gasteiger partial charge in [0.25, 0.3) is 0 Å². The van der Waals surface area contributed by atoms with Crippen LogP contribution in [0, 0.1) is 34.8 Å². The Bertz CT molecular complexity index is 1360. The van der Waals surface area contributed by atoms with Gasteiger partial charge in [-0.15, -0.1) is 0 Å². The number of halogens is 2. The molecule has 2 amide bonds. The molecule has 2 atom stereocenters. The van der Waals surface area contributed by atoms with Gasteiger partial charge < -0.3 is 11.1 Å². The van der Waals surface area contributed by atoms with E-state index in [0.29, 0.717) is 24.3 Å². The summed E-state index contributed by atoms with van der Waals surface area (Å²) in [6, 6.07) is 8.78. The number of sulfonamides is 1. The van der Waals surface area contributed by atoms with Crippen molar-refractivity contribution in [3.63, 3.8) is 0 Å². The molecule has 0 heterocycles. The fourth-order valence-corrected chi connectivity index (χ4v) is 8.61. The number of primary amides is 1. The van der Waals surface area contributed by atoms with Crippen LogP contribution in [0.1, 0.15) is 52.4 Å². The number of nitrogens with two attached hydrogens (primary N) is 1. The zero-order valence-electron chi connectivity index (χ0n) is 21.5. The van der Waals surface area contributed by atoms with Gasteiger partial charge in [0.2, 0.25) is 21.8 Å². The van der Waals surface area contributed by atoms with Gasteiger partial charge in [-0.1, -0.05) is 12.1 Å². The molecular formula is C28H33F2N3O4S. The van der Waals surface area contributed by atoms with Crippen LogP contribution in [-0.4, -0.2) is 31.8 Å². The molecule has 6 rings (SSSR count). The molecule has 0 aromatic heterocycles. The van der Waals surface area contributed by atoms with Crippen molar-refractivity contribution in [2.75, 3.05) is 0 Å². The van der Waals surface area contributed by atoms with Gasteiger partial charge in [-0.25, -0.2) is 21.9 Å². The van der Waals surface area contributed by atoms with Crippen LogP contribution in [0.15, 0.2) is 47.4 Å². The number of nitrogens with one attached hydrogen (secondary N) is 2. The molecule has 4 fully saturated rings. The molecule has 38 heavy (non-hydrogen) atoms. The summed E-state index contributed by atoms with van der Waals surface area (Å²) in [4.78, 5) is 25.2. The van der Waals surface area contributed by atoms with Gasteiger partial charge in [0.1, 0.15) is 11.6 Å². The Morgan fingerprint density at radius 3 is 2.24 bits per heavy atom. The maximum atomic E-state index is 14.1. The quantitative estimate of drug-likeness (QED) is 0.467. The van der Waals surface area contributed by atoms with E-state index in [1.165, 1.54) is 30.3 Å². The lowest BCUT2D eigenvalue weighted by Gasteiger charge is -2.58. The van der Waals surface area contributed by atoms with E-state index in [1.54, 1.807) is 13.8 Å². The van der Waals surface area contributed by atoms with Gasteiger partial charge in [0.05, 0.1) is 4.90 Å². The minimum absolute atomic E-state index is 0.0293. The summed E-state index contributed by atoms with van der Waals surface area (Å²) in [6.45, 7) is 3.29. The van der Waals surface area contributed by atoms with Crippen molar-refractivity contribution in [3.8, 4) is 11.1 Å². The summed E-state index contributed by atoms with van der Waals surface area (Å²) in [6.07, 6.45) is 4.15. The second kappa shape index (κ2) is 9.41. The molecule has 4 aliphatic rings. The van der Waals surface area contributed by atoms with Crippen LogP contribution in [0.3, 0.4) is 0 Å². The second-order valence-electron chi connectivity index (χ2n) is 12.0. The Labute approximate surface area is 221 Å². The standard InChI is InChI=1S/C28H33F2N3O4S/c1-27(2,15-24(34)32-25-18-9-16-10-19(25)14-28(12-16,13-18)26(31)35)33-38(36,37)21-6-3-17(4-7-21)22-8-5-20(29)11-23(22)30/h3-8,11,16,18-19,25,33H,9-10,12-15H2,1-2H3,(H2,31,35)(H,32,34). The number of carbonyl (C=O) groups is 2. The van der Waals surface area contributed by atoms with Gasteiger partial charge in [-0.3, -0.25) is 9.59 Å². The molecule has 4 aliphatic carbocycles.